The van der Waals surface area contributed by atoms with Crippen LogP contribution in [-0.4, -0.2) is 19.7 Å². The standard InChI is InChI=1S/C15H22N2O/c1-3-5-6-11-17-15(12-16)13-7-9-14(10-8-13)18-4-2/h7-10,15,17H,4,6,11-12,16H2,1-2H3. The number of rotatable bonds is 7. The molecule has 0 aliphatic carbocycles. The van der Waals surface area contributed by atoms with Gasteiger partial charge in [0.05, 0.1) is 6.61 Å². The molecule has 0 heterocycles. The van der Waals surface area contributed by atoms with Gasteiger partial charge in [-0.05, 0) is 31.5 Å². The van der Waals surface area contributed by atoms with E-state index >= 15 is 0 Å². The van der Waals surface area contributed by atoms with E-state index in [1.807, 2.05) is 26.0 Å². The number of nitrogens with one attached hydrogen (secondary N) is 1. The van der Waals surface area contributed by atoms with Gasteiger partial charge in [-0.3, -0.25) is 0 Å². The molecule has 1 aromatic rings. The van der Waals surface area contributed by atoms with Gasteiger partial charge in [-0.25, -0.2) is 0 Å². The van der Waals surface area contributed by atoms with E-state index in [2.05, 4.69) is 29.3 Å². The lowest BCUT2D eigenvalue weighted by molar-refractivity contribution is 0.340. The van der Waals surface area contributed by atoms with Gasteiger partial charge in [-0.2, -0.15) is 0 Å². The van der Waals surface area contributed by atoms with Crippen LogP contribution >= 0.6 is 0 Å². The minimum atomic E-state index is 0.180. The van der Waals surface area contributed by atoms with Crippen LogP contribution < -0.4 is 15.8 Å². The van der Waals surface area contributed by atoms with E-state index in [4.69, 9.17) is 10.5 Å². The third-order valence-corrected chi connectivity index (χ3v) is 2.65. The zero-order valence-electron chi connectivity index (χ0n) is 11.2. The zero-order valence-corrected chi connectivity index (χ0v) is 11.2. The Bertz CT molecular complexity index is 389. The zero-order chi connectivity index (χ0) is 13.2. The third kappa shape index (κ3) is 4.79. The van der Waals surface area contributed by atoms with Crippen LogP contribution in [0.25, 0.3) is 0 Å². The Labute approximate surface area is 110 Å². The molecule has 0 aliphatic rings. The van der Waals surface area contributed by atoms with Crippen LogP contribution in [0.15, 0.2) is 24.3 Å². The minimum absolute atomic E-state index is 0.180. The molecule has 0 aliphatic heterocycles. The molecule has 3 nitrogen and oxygen atoms in total. The Morgan fingerprint density at radius 1 is 1.33 bits per heavy atom. The smallest absolute Gasteiger partial charge is 0.119 e. The molecular formula is C15H22N2O. The predicted octanol–water partition coefficient (Wildman–Crippen LogP) is 2.09. The van der Waals surface area contributed by atoms with Gasteiger partial charge >= 0.3 is 0 Å². The molecule has 0 saturated heterocycles. The van der Waals surface area contributed by atoms with E-state index < -0.39 is 0 Å². The van der Waals surface area contributed by atoms with Crippen molar-refractivity contribution in [1.82, 2.24) is 5.32 Å². The molecule has 1 aromatic carbocycles. The second kappa shape index (κ2) is 8.57. The van der Waals surface area contributed by atoms with E-state index in [1.54, 1.807) is 0 Å². The van der Waals surface area contributed by atoms with Crippen LogP contribution in [0.3, 0.4) is 0 Å². The maximum atomic E-state index is 5.79. The third-order valence-electron chi connectivity index (χ3n) is 2.65. The van der Waals surface area contributed by atoms with Crippen molar-refractivity contribution in [3.8, 4) is 17.6 Å². The van der Waals surface area contributed by atoms with Gasteiger partial charge in [-0.15, -0.1) is 11.8 Å². The summed E-state index contributed by atoms with van der Waals surface area (Å²) in [6, 6.07) is 8.26. The SMILES string of the molecule is CC#CCCNC(CN)c1ccc(OCC)cc1. The van der Waals surface area contributed by atoms with Gasteiger partial charge in [0.25, 0.3) is 0 Å². The first-order chi connectivity index (χ1) is 8.81. The normalized spacial score (nSPS) is 11.5. The number of hydrogen-bond acceptors (Lipinski definition) is 3. The summed E-state index contributed by atoms with van der Waals surface area (Å²) in [5.41, 5.74) is 6.97. The van der Waals surface area contributed by atoms with Crippen LogP contribution in [0.4, 0.5) is 0 Å². The van der Waals surface area contributed by atoms with Gasteiger partial charge in [0.1, 0.15) is 5.75 Å². The summed E-state index contributed by atoms with van der Waals surface area (Å²) >= 11 is 0. The topological polar surface area (TPSA) is 47.3 Å². The fraction of sp³-hybridized carbons (Fsp3) is 0.467. The molecule has 0 aromatic heterocycles. The van der Waals surface area contributed by atoms with Crippen molar-refractivity contribution in [3.63, 3.8) is 0 Å². The first kappa shape index (κ1) is 14.6. The second-order valence-electron chi connectivity index (χ2n) is 3.92. The minimum Gasteiger partial charge on any atom is -0.494 e. The fourth-order valence-electron chi connectivity index (χ4n) is 1.73. The van der Waals surface area contributed by atoms with Gasteiger partial charge in [0, 0.05) is 25.6 Å². The Balaban J connectivity index is 2.54. The molecule has 0 saturated carbocycles. The molecule has 0 spiro atoms. The molecule has 3 N–H and O–H groups in total. The van der Waals surface area contributed by atoms with E-state index in [1.165, 1.54) is 5.56 Å². The molecule has 1 rings (SSSR count). The van der Waals surface area contributed by atoms with E-state index in [-0.39, 0.29) is 6.04 Å². The Hall–Kier alpha value is -1.50. The van der Waals surface area contributed by atoms with Gasteiger partial charge in [0.15, 0.2) is 0 Å². The lowest BCUT2D eigenvalue weighted by Gasteiger charge is -2.17. The Kier molecular flexibility index (Phi) is 6.93. The maximum absolute atomic E-state index is 5.79. The molecule has 0 amide bonds. The van der Waals surface area contributed by atoms with Gasteiger partial charge in [0.2, 0.25) is 0 Å². The monoisotopic (exact) mass is 246 g/mol. The van der Waals surface area contributed by atoms with Crippen molar-refractivity contribution in [2.24, 2.45) is 5.73 Å². The molecule has 18 heavy (non-hydrogen) atoms. The summed E-state index contributed by atoms with van der Waals surface area (Å²) in [5, 5.41) is 3.40. The van der Waals surface area contributed by atoms with Crippen molar-refractivity contribution in [1.29, 1.82) is 0 Å². The van der Waals surface area contributed by atoms with Gasteiger partial charge in [-0.1, -0.05) is 12.1 Å². The average Bonchev–Trinajstić information content (AvgIpc) is 2.41. The summed E-state index contributed by atoms with van der Waals surface area (Å²) in [7, 11) is 0. The van der Waals surface area contributed by atoms with Crippen LogP contribution in [0.2, 0.25) is 0 Å². The predicted molar refractivity (Wildman–Crippen MR) is 75.5 cm³/mol. The van der Waals surface area contributed by atoms with Crippen LogP contribution in [-0.2, 0) is 0 Å². The van der Waals surface area contributed by atoms with Crippen LogP contribution in [0.5, 0.6) is 5.75 Å². The Morgan fingerprint density at radius 3 is 2.61 bits per heavy atom. The quantitative estimate of drug-likeness (QED) is 0.572. The molecule has 0 bridgehead atoms. The number of hydrogen-bond donors (Lipinski definition) is 2. The molecule has 0 fully saturated rings. The average molecular weight is 246 g/mol. The number of ether oxygens (including phenoxy) is 1. The van der Waals surface area contributed by atoms with Crippen LogP contribution in [0.1, 0.15) is 31.9 Å². The molecular weight excluding hydrogens is 224 g/mol. The first-order valence-corrected chi connectivity index (χ1v) is 6.37. The Morgan fingerprint density at radius 2 is 2.06 bits per heavy atom. The summed E-state index contributed by atoms with van der Waals surface area (Å²) in [5.74, 6) is 6.81. The van der Waals surface area contributed by atoms with Gasteiger partial charge < -0.3 is 15.8 Å². The van der Waals surface area contributed by atoms with E-state index in [0.717, 1.165) is 18.7 Å². The van der Waals surface area contributed by atoms with Crippen molar-refractivity contribution in [2.45, 2.75) is 26.3 Å². The maximum Gasteiger partial charge on any atom is 0.119 e. The van der Waals surface area contributed by atoms with Crippen molar-refractivity contribution in [2.75, 3.05) is 19.7 Å². The fourth-order valence-corrected chi connectivity index (χ4v) is 1.73. The van der Waals surface area contributed by atoms with Crippen molar-refractivity contribution in [3.05, 3.63) is 29.8 Å². The molecule has 98 valence electrons. The van der Waals surface area contributed by atoms with E-state index in [0.29, 0.717) is 13.2 Å². The summed E-state index contributed by atoms with van der Waals surface area (Å²) < 4.78 is 5.42. The summed E-state index contributed by atoms with van der Waals surface area (Å²) in [4.78, 5) is 0. The highest BCUT2D eigenvalue weighted by Crippen LogP contribution is 2.17. The second-order valence-corrected chi connectivity index (χ2v) is 3.92. The molecule has 0 radical (unpaired) electrons. The molecule has 3 heteroatoms. The largest absolute Gasteiger partial charge is 0.494 e. The molecule has 1 atom stereocenters. The lowest BCUT2D eigenvalue weighted by atomic mass is 10.1. The van der Waals surface area contributed by atoms with Crippen molar-refractivity contribution < 1.29 is 4.74 Å². The summed E-state index contributed by atoms with van der Waals surface area (Å²) in [6.45, 7) is 5.96. The van der Waals surface area contributed by atoms with Crippen LogP contribution in [0, 0.1) is 11.8 Å². The highest BCUT2D eigenvalue weighted by atomic mass is 16.5. The lowest BCUT2D eigenvalue weighted by Crippen LogP contribution is -2.28. The first-order valence-electron chi connectivity index (χ1n) is 6.37. The highest BCUT2D eigenvalue weighted by Gasteiger charge is 2.08. The highest BCUT2D eigenvalue weighted by molar-refractivity contribution is 5.29. The molecule has 1 unspecified atom stereocenters. The number of nitrogens with two attached hydrogens (primary N) is 1. The van der Waals surface area contributed by atoms with Crippen molar-refractivity contribution >= 4 is 0 Å². The number of benzene rings is 1. The van der Waals surface area contributed by atoms with E-state index in [9.17, 15) is 0 Å². The summed E-state index contributed by atoms with van der Waals surface area (Å²) in [6.07, 6.45) is 0.851.